The normalized spacial score (nSPS) is 14.3. The Morgan fingerprint density at radius 2 is 0.877 bits per heavy atom. The average molecular weight is 743 g/mol. The minimum absolute atomic E-state index is 0.00477. The van der Waals surface area contributed by atoms with E-state index in [9.17, 15) is 13.2 Å². The lowest BCUT2D eigenvalue weighted by Crippen LogP contribution is -2.06. The molecule has 0 N–H and O–H groups in total. The molecule has 0 bridgehead atoms. The molecule has 1 nitrogen and oxygen atoms in total. The van der Waals surface area contributed by atoms with Crippen molar-refractivity contribution >= 4 is 60.1 Å². The summed E-state index contributed by atoms with van der Waals surface area (Å²) in [6, 6.07) is 56.6. The van der Waals surface area contributed by atoms with E-state index in [1.807, 2.05) is 24.3 Å². The second-order valence-corrected chi connectivity index (χ2v) is 14.9. The molecule has 0 fully saturated rings. The van der Waals surface area contributed by atoms with Crippen molar-refractivity contribution in [1.29, 1.82) is 0 Å². The lowest BCUT2D eigenvalue weighted by atomic mass is 9.79. The molecule has 0 spiro atoms. The molecule has 272 valence electrons. The fraction of sp³-hybridized carbons (Fsp3) is 0.0566. The Labute approximate surface area is 326 Å². The van der Waals surface area contributed by atoms with Crippen molar-refractivity contribution in [1.82, 2.24) is 0 Å². The molecule has 1 heterocycles. The molecule has 0 saturated heterocycles. The molecule has 1 atom stereocenters. The molecule has 0 saturated carbocycles. The first kappa shape index (κ1) is 33.4. The molecule has 0 aliphatic heterocycles. The first-order chi connectivity index (χ1) is 27.9. The number of hydrogen-bond donors (Lipinski definition) is 0. The van der Waals surface area contributed by atoms with Gasteiger partial charge >= 0.3 is 6.18 Å². The number of alkyl halides is 3. The molecule has 9 aromatic carbocycles. The Bertz CT molecular complexity index is 3130. The quantitative estimate of drug-likeness (QED) is 0.164. The van der Waals surface area contributed by atoms with Gasteiger partial charge in [0.2, 0.25) is 0 Å². The molecule has 0 amide bonds. The highest BCUT2D eigenvalue weighted by atomic mass is 19.4. The topological polar surface area (TPSA) is 13.1 Å². The lowest BCUT2D eigenvalue weighted by Gasteiger charge is -2.24. The van der Waals surface area contributed by atoms with Crippen LogP contribution in [0.1, 0.15) is 34.8 Å². The summed E-state index contributed by atoms with van der Waals surface area (Å²) in [6.45, 7) is 0. The standard InChI is InChI=1S/C53H33F3O/c54-53(55,56)35-28-25-33(26-29-35)49-36-15-4-6-17-38(36)50(39-18-7-5-16-37(39)49)34-27-30-47-46(31-34)44-23-12-24-45(52(44)57-47)51-42-21-10-8-19-40(42)48(32-13-2-1-3-14-32)41-20-9-11-22-43(41)51/h1-23,25-31,45H,24H2/t45-/m1/s1. The fourth-order valence-electron chi connectivity index (χ4n) is 9.43. The minimum atomic E-state index is -4.40. The van der Waals surface area contributed by atoms with E-state index < -0.39 is 11.7 Å². The van der Waals surface area contributed by atoms with Gasteiger partial charge in [-0.25, -0.2) is 0 Å². The second kappa shape index (κ2) is 12.8. The smallest absolute Gasteiger partial charge is 0.416 e. The van der Waals surface area contributed by atoms with Gasteiger partial charge in [-0.2, -0.15) is 13.2 Å². The zero-order chi connectivity index (χ0) is 38.3. The summed E-state index contributed by atoms with van der Waals surface area (Å²) in [5.74, 6) is 0.977. The van der Waals surface area contributed by atoms with Gasteiger partial charge in [0.1, 0.15) is 11.3 Å². The number of fused-ring (bicyclic) bond motifs is 7. The predicted octanol–water partition coefficient (Wildman–Crippen LogP) is 15.6. The second-order valence-electron chi connectivity index (χ2n) is 14.9. The van der Waals surface area contributed by atoms with Crippen LogP contribution in [0.2, 0.25) is 0 Å². The molecule has 1 aromatic heterocycles. The van der Waals surface area contributed by atoms with Gasteiger partial charge in [0.15, 0.2) is 0 Å². The highest BCUT2D eigenvalue weighted by molar-refractivity contribution is 6.22. The van der Waals surface area contributed by atoms with Crippen molar-refractivity contribution in [3.05, 3.63) is 198 Å². The Balaban J connectivity index is 1.11. The van der Waals surface area contributed by atoms with Crippen LogP contribution < -0.4 is 0 Å². The minimum Gasteiger partial charge on any atom is -0.460 e. The van der Waals surface area contributed by atoms with Crippen LogP contribution in [-0.2, 0) is 6.18 Å². The van der Waals surface area contributed by atoms with Crippen molar-refractivity contribution in [2.45, 2.75) is 18.5 Å². The van der Waals surface area contributed by atoms with Crippen molar-refractivity contribution < 1.29 is 17.6 Å². The van der Waals surface area contributed by atoms with E-state index in [2.05, 4.69) is 133 Å². The van der Waals surface area contributed by atoms with Crippen molar-refractivity contribution in [3.8, 4) is 33.4 Å². The maximum Gasteiger partial charge on any atom is 0.416 e. The van der Waals surface area contributed by atoms with E-state index in [0.29, 0.717) is 0 Å². The van der Waals surface area contributed by atoms with Gasteiger partial charge in [0, 0.05) is 16.9 Å². The predicted molar refractivity (Wildman–Crippen MR) is 229 cm³/mol. The zero-order valence-corrected chi connectivity index (χ0v) is 30.6. The molecule has 57 heavy (non-hydrogen) atoms. The van der Waals surface area contributed by atoms with Gasteiger partial charge in [-0.15, -0.1) is 0 Å². The molecular weight excluding hydrogens is 710 g/mol. The van der Waals surface area contributed by atoms with Gasteiger partial charge in [-0.05, 0) is 113 Å². The Kier molecular flexibility index (Phi) is 7.52. The molecule has 0 unspecified atom stereocenters. The monoisotopic (exact) mass is 742 g/mol. The van der Waals surface area contributed by atoms with Crippen LogP contribution in [0.4, 0.5) is 13.2 Å². The van der Waals surface area contributed by atoms with Gasteiger partial charge in [-0.1, -0.05) is 158 Å². The highest BCUT2D eigenvalue weighted by Gasteiger charge is 2.31. The summed E-state index contributed by atoms with van der Waals surface area (Å²) in [5.41, 5.74) is 8.80. The first-order valence-electron chi connectivity index (χ1n) is 19.3. The van der Waals surface area contributed by atoms with E-state index >= 15 is 0 Å². The van der Waals surface area contributed by atoms with Crippen molar-refractivity contribution in [3.63, 3.8) is 0 Å². The van der Waals surface area contributed by atoms with Crippen molar-refractivity contribution in [2.24, 2.45) is 0 Å². The third-order valence-electron chi connectivity index (χ3n) is 11.8. The summed E-state index contributed by atoms with van der Waals surface area (Å²) >= 11 is 0. The van der Waals surface area contributed by atoms with E-state index in [1.54, 1.807) is 12.1 Å². The fourth-order valence-corrected chi connectivity index (χ4v) is 9.43. The lowest BCUT2D eigenvalue weighted by molar-refractivity contribution is -0.137. The maximum absolute atomic E-state index is 13.6. The number of benzene rings is 9. The molecule has 4 heteroatoms. The van der Waals surface area contributed by atoms with Crippen LogP contribution in [0, 0.1) is 0 Å². The SMILES string of the molecule is FC(F)(F)c1ccc(-c2c3ccccc3c(-c3ccc4oc5c(c4c3)C=CC[C@@H]5c3c4ccccc4c(-c4ccccc4)c4ccccc34)c3ccccc23)cc1. The zero-order valence-electron chi connectivity index (χ0n) is 30.6. The summed E-state index contributed by atoms with van der Waals surface area (Å²) in [5, 5.41) is 10.0. The number of rotatable bonds is 4. The number of hydrogen-bond acceptors (Lipinski definition) is 1. The molecular formula is C53H33F3O. The molecule has 1 aliphatic rings. The van der Waals surface area contributed by atoms with E-state index in [-0.39, 0.29) is 5.92 Å². The molecule has 10 aromatic rings. The third-order valence-corrected chi connectivity index (χ3v) is 11.8. The van der Waals surface area contributed by atoms with Crippen LogP contribution in [0.5, 0.6) is 0 Å². The summed E-state index contributed by atoms with van der Waals surface area (Å²) in [6.07, 6.45) is 0.918. The largest absolute Gasteiger partial charge is 0.460 e. The van der Waals surface area contributed by atoms with Crippen LogP contribution in [-0.4, -0.2) is 0 Å². The number of furan rings is 1. The summed E-state index contributed by atoms with van der Waals surface area (Å²) in [4.78, 5) is 0. The van der Waals surface area contributed by atoms with E-state index in [1.165, 1.54) is 50.4 Å². The highest BCUT2D eigenvalue weighted by Crippen LogP contribution is 2.50. The van der Waals surface area contributed by atoms with Crippen molar-refractivity contribution in [2.75, 3.05) is 0 Å². The molecule has 11 rings (SSSR count). The van der Waals surface area contributed by atoms with Gasteiger partial charge in [0.25, 0.3) is 0 Å². The van der Waals surface area contributed by atoms with Crippen LogP contribution in [0.3, 0.4) is 0 Å². The Hall–Kier alpha value is -6.91. The molecule has 0 radical (unpaired) electrons. The molecule has 1 aliphatic carbocycles. The van der Waals surface area contributed by atoms with E-state index in [0.717, 1.165) is 72.5 Å². The van der Waals surface area contributed by atoms with Gasteiger partial charge < -0.3 is 4.42 Å². The Morgan fingerprint density at radius 1 is 0.439 bits per heavy atom. The number of allylic oxidation sites excluding steroid dienone is 1. The van der Waals surface area contributed by atoms with Crippen LogP contribution >= 0.6 is 0 Å². The van der Waals surface area contributed by atoms with Gasteiger partial charge in [0.05, 0.1) is 5.56 Å². The first-order valence-corrected chi connectivity index (χ1v) is 19.3. The van der Waals surface area contributed by atoms with Crippen LogP contribution in [0.25, 0.3) is 93.5 Å². The average Bonchev–Trinajstić information content (AvgIpc) is 3.63. The summed E-state index contributed by atoms with van der Waals surface area (Å²) < 4.78 is 47.6. The third kappa shape index (κ3) is 5.24. The van der Waals surface area contributed by atoms with Gasteiger partial charge in [-0.3, -0.25) is 0 Å². The summed E-state index contributed by atoms with van der Waals surface area (Å²) in [7, 11) is 0. The maximum atomic E-state index is 13.6. The van der Waals surface area contributed by atoms with Crippen LogP contribution in [0.15, 0.2) is 180 Å². The number of halogens is 3. The Morgan fingerprint density at radius 3 is 1.40 bits per heavy atom. The van der Waals surface area contributed by atoms with E-state index in [4.69, 9.17) is 4.42 Å².